The van der Waals surface area contributed by atoms with Crippen LogP contribution in [0.2, 0.25) is 0 Å². The molecule has 0 amide bonds. The third-order valence-corrected chi connectivity index (χ3v) is 3.30. The molecule has 0 N–H and O–H groups in total. The summed E-state index contributed by atoms with van der Waals surface area (Å²) in [7, 11) is 1.58. The van der Waals surface area contributed by atoms with E-state index >= 15 is 0 Å². The maximum Gasteiger partial charge on any atom is 0.246 e. The summed E-state index contributed by atoms with van der Waals surface area (Å²) in [6.07, 6.45) is 0. The van der Waals surface area contributed by atoms with E-state index in [1.54, 1.807) is 13.2 Å². The molecule has 3 rings (SSSR count). The van der Waals surface area contributed by atoms with Gasteiger partial charge in [0.15, 0.2) is 11.3 Å². The zero-order valence-corrected chi connectivity index (χ0v) is 11.9. The van der Waals surface area contributed by atoms with E-state index in [-0.39, 0.29) is 5.43 Å². The number of fused-ring (bicyclic) bond motifs is 1. The van der Waals surface area contributed by atoms with Crippen LogP contribution in [0.15, 0.2) is 39.6 Å². The third-order valence-electron chi connectivity index (χ3n) is 3.30. The molecule has 3 aromatic rings. The van der Waals surface area contributed by atoms with Crippen LogP contribution in [0.4, 0.5) is 0 Å². The Hall–Kier alpha value is -2.47. The lowest BCUT2D eigenvalue weighted by Crippen LogP contribution is -2.13. The van der Waals surface area contributed by atoms with E-state index in [1.165, 1.54) is 0 Å². The summed E-state index contributed by atoms with van der Waals surface area (Å²) in [5.41, 5.74) is 1.73. The van der Waals surface area contributed by atoms with E-state index in [2.05, 4.69) is 10.1 Å². The summed E-state index contributed by atoms with van der Waals surface area (Å²) in [6, 6.07) is 9.11. The molecule has 0 spiro atoms. The van der Waals surface area contributed by atoms with Crippen LogP contribution < -0.4 is 5.43 Å². The summed E-state index contributed by atoms with van der Waals surface area (Å²) in [6.45, 7) is 2.62. The van der Waals surface area contributed by atoms with Gasteiger partial charge in [-0.25, -0.2) is 0 Å². The Balaban J connectivity index is 2.05. The molecular weight excluding hydrogens is 270 g/mol. The molecule has 2 heterocycles. The molecule has 0 aliphatic carbocycles. The molecule has 0 unspecified atom stereocenters. The SMILES string of the molecule is COCc1noc(Cn2c(C)cc(=O)c3ccccc32)n1. The van der Waals surface area contributed by atoms with Crippen molar-refractivity contribution in [3.63, 3.8) is 0 Å². The Bertz CT molecular complexity index is 836. The third kappa shape index (κ3) is 2.57. The number of pyridine rings is 1. The van der Waals surface area contributed by atoms with E-state index in [9.17, 15) is 4.79 Å². The Morgan fingerprint density at radius 3 is 2.95 bits per heavy atom. The zero-order valence-electron chi connectivity index (χ0n) is 11.9. The number of para-hydroxylation sites is 1. The van der Waals surface area contributed by atoms with E-state index in [0.29, 0.717) is 30.3 Å². The molecule has 2 aromatic heterocycles. The molecule has 0 aliphatic heterocycles. The van der Waals surface area contributed by atoms with Gasteiger partial charge in [0.1, 0.15) is 13.2 Å². The van der Waals surface area contributed by atoms with Crippen molar-refractivity contribution in [1.82, 2.24) is 14.7 Å². The normalized spacial score (nSPS) is 11.1. The molecule has 0 fully saturated rings. The number of hydrogen-bond acceptors (Lipinski definition) is 5. The number of benzene rings is 1. The molecular formula is C15H15N3O3. The molecule has 108 valence electrons. The second-order valence-corrected chi connectivity index (χ2v) is 4.79. The van der Waals surface area contributed by atoms with Gasteiger partial charge in [-0.1, -0.05) is 17.3 Å². The van der Waals surface area contributed by atoms with Crippen LogP contribution in [0.5, 0.6) is 0 Å². The zero-order chi connectivity index (χ0) is 14.8. The number of nitrogens with zero attached hydrogens (tertiary/aromatic N) is 3. The number of ether oxygens (including phenoxy) is 1. The van der Waals surface area contributed by atoms with Crippen molar-refractivity contribution in [1.29, 1.82) is 0 Å². The topological polar surface area (TPSA) is 70.2 Å². The smallest absolute Gasteiger partial charge is 0.246 e. The maximum atomic E-state index is 12.0. The molecule has 0 saturated carbocycles. The van der Waals surface area contributed by atoms with E-state index in [1.807, 2.05) is 35.8 Å². The number of aryl methyl sites for hydroxylation is 1. The maximum absolute atomic E-state index is 12.0. The second kappa shape index (κ2) is 5.49. The van der Waals surface area contributed by atoms with Gasteiger partial charge in [-0.05, 0) is 19.1 Å². The average molecular weight is 285 g/mol. The molecule has 0 saturated heterocycles. The van der Waals surface area contributed by atoms with Gasteiger partial charge in [0.25, 0.3) is 0 Å². The second-order valence-electron chi connectivity index (χ2n) is 4.79. The van der Waals surface area contributed by atoms with Gasteiger partial charge in [-0.15, -0.1) is 0 Å². The van der Waals surface area contributed by atoms with E-state index in [0.717, 1.165) is 11.2 Å². The van der Waals surface area contributed by atoms with Crippen LogP contribution >= 0.6 is 0 Å². The average Bonchev–Trinajstić information content (AvgIpc) is 2.91. The minimum absolute atomic E-state index is 0.0185. The highest BCUT2D eigenvalue weighted by Crippen LogP contribution is 2.14. The number of hydrogen-bond donors (Lipinski definition) is 0. The largest absolute Gasteiger partial charge is 0.377 e. The van der Waals surface area contributed by atoms with Gasteiger partial charge in [0.2, 0.25) is 5.89 Å². The molecule has 6 heteroatoms. The van der Waals surface area contributed by atoms with Crippen LogP contribution in [0.25, 0.3) is 10.9 Å². The fourth-order valence-corrected chi connectivity index (χ4v) is 2.34. The predicted molar refractivity (Wildman–Crippen MR) is 77.1 cm³/mol. The van der Waals surface area contributed by atoms with Gasteiger partial charge in [0.05, 0.1) is 5.52 Å². The highest BCUT2D eigenvalue weighted by atomic mass is 16.5. The van der Waals surface area contributed by atoms with Gasteiger partial charge in [-0.3, -0.25) is 4.79 Å². The summed E-state index contributed by atoms with van der Waals surface area (Å²) in [4.78, 5) is 16.3. The Morgan fingerprint density at radius 2 is 2.14 bits per heavy atom. The van der Waals surface area contributed by atoms with Crippen LogP contribution in [-0.2, 0) is 17.9 Å². The Morgan fingerprint density at radius 1 is 1.33 bits per heavy atom. The van der Waals surface area contributed by atoms with E-state index in [4.69, 9.17) is 9.26 Å². The quantitative estimate of drug-likeness (QED) is 0.732. The van der Waals surface area contributed by atoms with Crippen molar-refractivity contribution in [2.45, 2.75) is 20.1 Å². The van der Waals surface area contributed by atoms with Crippen molar-refractivity contribution >= 4 is 10.9 Å². The van der Waals surface area contributed by atoms with E-state index < -0.39 is 0 Å². The van der Waals surface area contributed by atoms with Gasteiger partial charge < -0.3 is 13.8 Å². The lowest BCUT2D eigenvalue weighted by molar-refractivity contribution is 0.174. The first kappa shape index (κ1) is 13.5. The van der Waals surface area contributed by atoms with Crippen LogP contribution in [0.1, 0.15) is 17.4 Å². The lowest BCUT2D eigenvalue weighted by Gasteiger charge is -2.12. The fourth-order valence-electron chi connectivity index (χ4n) is 2.34. The summed E-state index contributed by atoms with van der Waals surface area (Å²) >= 11 is 0. The van der Waals surface area contributed by atoms with Crippen molar-refractivity contribution in [3.05, 3.63) is 58.0 Å². The van der Waals surface area contributed by atoms with Gasteiger partial charge in [0, 0.05) is 24.3 Å². The number of methoxy groups -OCH3 is 1. The molecule has 0 bridgehead atoms. The monoisotopic (exact) mass is 285 g/mol. The first-order valence-electron chi connectivity index (χ1n) is 6.58. The van der Waals surface area contributed by atoms with Crippen LogP contribution in [-0.4, -0.2) is 21.8 Å². The molecule has 21 heavy (non-hydrogen) atoms. The summed E-state index contributed by atoms with van der Waals surface area (Å²) in [5, 5.41) is 4.52. The first-order chi connectivity index (χ1) is 10.2. The standard InChI is InChI=1S/C15H15N3O3/c1-10-7-13(19)11-5-3-4-6-12(11)18(10)8-15-16-14(9-20-2)17-21-15/h3-7H,8-9H2,1-2H3. The summed E-state index contributed by atoms with van der Waals surface area (Å²) in [5.74, 6) is 0.995. The highest BCUT2D eigenvalue weighted by molar-refractivity contribution is 5.79. The molecule has 0 radical (unpaired) electrons. The number of rotatable bonds is 4. The van der Waals surface area contributed by atoms with Crippen LogP contribution in [0, 0.1) is 6.92 Å². The fraction of sp³-hybridized carbons (Fsp3) is 0.267. The lowest BCUT2D eigenvalue weighted by atomic mass is 10.2. The van der Waals surface area contributed by atoms with Crippen molar-refractivity contribution < 1.29 is 9.26 Å². The van der Waals surface area contributed by atoms with Crippen LogP contribution in [0.3, 0.4) is 0 Å². The minimum Gasteiger partial charge on any atom is -0.377 e. The van der Waals surface area contributed by atoms with Crippen molar-refractivity contribution in [2.24, 2.45) is 0 Å². The molecule has 6 nitrogen and oxygen atoms in total. The predicted octanol–water partition coefficient (Wildman–Crippen LogP) is 1.89. The Labute approximate surface area is 121 Å². The molecule has 0 aliphatic rings. The first-order valence-corrected chi connectivity index (χ1v) is 6.58. The molecule has 0 atom stereocenters. The minimum atomic E-state index is 0.0185. The summed E-state index contributed by atoms with van der Waals surface area (Å²) < 4.78 is 12.2. The highest BCUT2D eigenvalue weighted by Gasteiger charge is 2.11. The number of aromatic nitrogens is 3. The molecule has 1 aromatic carbocycles. The van der Waals surface area contributed by atoms with Gasteiger partial charge >= 0.3 is 0 Å². The van der Waals surface area contributed by atoms with Crippen molar-refractivity contribution in [3.8, 4) is 0 Å². The van der Waals surface area contributed by atoms with Crippen molar-refractivity contribution in [2.75, 3.05) is 7.11 Å². The Kier molecular flexibility index (Phi) is 3.53. The van der Waals surface area contributed by atoms with Gasteiger partial charge in [-0.2, -0.15) is 4.98 Å².